The summed E-state index contributed by atoms with van der Waals surface area (Å²) in [5.41, 5.74) is 4.42. The van der Waals surface area contributed by atoms with E-state index in [4.69, 9.17) is 4.42 Å². The number of pyridine rings is 3. The van der Waals surface area contributed by atoms with Crippen LogP contribution in [0.3, 0.4) is 0 Å². The third kappa shape index (κ3) is 9.10. The lowest BCUT2D eigenvalue weighted by atomic mass is 10.2. The number of fused-ring (bicyclic) bond motifs is 1. The van der Waals surface area contributed by atoms with Gasteiger partial charge in [0.15, 0.2) is 5.69 Å². The van der Waals surface area contributed by atoms with Gasteiger partial charge in [0.2, 0.25) is 0 Å². The van der Waals surface area contributed by atoms with Gasteiger partial charge in [-0.15, -0.1) is 5.10 Å². The molecule has 0 radical (unpaired) electrons. The van der Waals surface area contributed by atoms with Crippen LogP contribution >= 0.6 is 0 Å². The van der Waals surface area contributed by atoms with Gasteiger partial charge in [0.25, 0.3) is 0 Å². The summed E-state index contributed by atoms with van der Waals surface area (Å²) in [7, 11) is 0. The molecule has 7 rings (SSSR count). The standard InChI is InChI=1S/C38H42N10O2/c49-38-36(25-31-9-1-2-13-37(31)50-38)48-30-35(42-43-48)29-47-23-21-45(27-33-11-4-7-15-40-33)19-17-44(26-32-10-3-6-14-39-32)18-20-46(22-24-47)28-34-12-5-8-16-41-34/h1-16,25,30H,17-24,26-29H2. The Balaban J connectivity index is 1.11. The van der Waals surface area contributed by atoms with Gasteiger partial charge in [0.05, 0.1) is 29.0 Å². The zero-order valence-electron chi connectivity index (χ0n) is 28.2. The lowest BCUT2D eigenvalue weighted by molar-refractivity contribution is 0.120. The molecule has 0 amide bonds. The molecule has 6 aromatic rings. The minimum Gasteiger partial charge on any atom is -0.421 e. The van der Waals surface area contributed by atoms with Crippen molar-refractivity contribution in [3.8, 4) is 5.69 Å². The van der Waals surface area contributed by atoms with Crippen LogP contribution in [0.5, 0.6) is 0 Å². The van der Waals surface area contributed by atoms with Crippen molar-refractivity contribution in [1.82, 2.24) is 49.5 Å². The molecule has 1 fully saturated rings. The quantitative estimate of drug-likeness (QED) is 0.209. The molecule has 1 aromatic carbocycles. The number of hydrogen-bond acceptors (Lipinski definition) is 11. The van der Waals surface area contributed by atoms with Crippen molar-refractivity contribution in [2.75, 3.05) is 52.4 Å². The number of rotatable bonds is 9. The topological polar surface area (TPSA) is 113 Å². The number of nitrogens with zero attached hydrogens (tertiary/aromatic N) is 10. The average Bonchev–Trinajstić information content (AvgIpc) is 3.61. The monoisotopic (exact) mass is 670 g/mol. The summed E-state index contributed by atoms with van der Waals surface area (Å²) in [4.78, 5) is 36.7. The Hall–Kier alpha value is -5.14. The zero-order chi connectivity index (χ0) is 34.0. The van der Waals surface area contributed by atoms with Crippen LogP contribution in [0.2, 0.25) is 0 Å². The molecule has 0 aliphatic carbocycles. The molecule has 0 unspecified atom stereocenters. The molecule has 1 saturated heterocycles. The van der Waals surface area contributed by atoms with Crippen LogP contribution in [0.4, 0.5) is 0 Å². The molecule has 5 aromatic heterocycles. The van der Waals surface area contributed by atoms with Crippen LogP contribution in [0.1, 0.15) is 22.8 Å². The van der Waals surface area contributed by atoms with Crippen molar-refractivity contribution in [2.24, 2.45) is 0 Å². The van der Waals surface area contributed by atoms with Crippen molar-refractivity contribution in [1.29, 1.82) is 0 Å². The van der Waals surface area contributed by atoms with Crippen LogP contribution in [0, 0.1) is 0 Å². The van der Waals surface area contributed by atoms with E-state index < -0.39 is 5.63 Å². The fourth-order valence-electron chi connectivity index (χ4n) is 6.30. The molecule has 0 atom stereocenters. The highest BCUT2D eigenvalue weighted by Gasteiger charge is 2.20. The highest BCUT2D eigenvalue weighted by molar-refractivity contribution is 5.77. The summed E-state index contributed by atoms with van der Waals surface area (Å²) in [5, 5.41) is 9.67. The fraction of sp³-hybridized carbons (Fsp3) is 0.316. The predicted octanol–water partition coefficient (Wildman–Crippen LogP) is 3.88. The van der Waals surface area contributed by atoms with Gasteiger partial charge in [0.1, 0.15) is 5.58 Å². The molecule has 0 saturated carbocycles. The van der Waals surface area contributed by atoms with Crippen molar-refractivity contribution in [3.05, 3.63) is 143 Å². The highest BCUT2D eigenvalue weighted by Crippen LogP contribution is 2.16. The van der Waals surface area contributed by atoms with Gasteiger partial charge >= 0.3 is 5.63 Å². The summed E-state index contributed by atoms with van der Waals surface area (Å²) in [6, 6.07) is 27.6. The number of aromatic nitrogens is 6. The molecule has 12 heteroatoms. The van der Waals surface area contributed by atoms with Crippen molar-refractivity contribution in [2.45, 2.75) is 26.2 Å². The van der Waals surface area contributed by atoms with Crippen LogP contribution in [0.25, 0.3) is 16.7 Å². The van der Waals surface area contributed by atoms with Gasteiger partial charge in [-0.3, -0.25) is 34.6 Å². The van der Waals surface area contributed by atoms with E-state index >= 15 is 0 Å². The molecule has 50 heavy (non-hydrogen) atoms. The second-order valence-corrected chi connectivity index (χ2v) is 12.7. The minimum atomic E-state index is -0.445. The Morgan fingerprint density at radius 3 is 1.44 bits per heavy atom. The number of benzene rings is 1. The van der Waals surface area contributed by atoms with Gasteiger partial charge in [-0.05, 0) is 48.5 Å². The molecule has 0 spiro atoms. The van der Waals surface area contributed by atoms with E-state index in [9.17, 15) is 4.79 Å². The molecular weight excluding hydrogens is 628 g/mol. The largest absolute Gasteiger partial charge is 0.421 e. The summed E-state index contributed by atoms with van der Waals surface area (Å²) in [6.07, 6.45) is 7.43. The molecule has 12 nitrogen and oxygen atoms in total. The summed E-state index contributed by atoms with van der Waals surface area (Å²) in [6.45, 7) is 9.91. The summed E-state index contributed by atoms with van der Waals surface area (Å²) >= 11 is 0. The van der Waals surface area contributed by atoms with Crippen LogP contribution in [0.15, 0.2) is 119 Å². The van der Waals surface area contributed by atoms with Gasteiger partial charge < -0.3 is 4.42 Å². The first-order chi connectivity index (χ1) is 24.6. The normalized spacial score (nSPS) is 16.2. The lowest BCUT2D eigenvalue weighted by Gasteiger charge is -2.34. The Kier molecular flexibility index (Phi) is 11.0. The maximum Gasteiger partial charge on any atom is 0.362 e. The third-order valence-corrected chi connectivity index (χ3v) is 9.06. The first-order valence-corrected chi connectivity index (χ1v) is 17.2. The Morgan fingerprint density at radius 1 is 0.540 bits per heavy atom. The maximum absolute atomic E-state index is 12.9. The number of hydrogen-bond donors (Lipinski definition) is 0. The van der Waals surface area contributed by atoms with E-state index in [1.165, 1.54) is 4.68 Å². The van der Waals surface area contributed by atoms with Gasteiger partial charge in [-0.2, -0.15) is 0 Å². The minimum absolute atomic E-state index is 0.342. The Morgan fingerprint density at radius 2 is 0.980 bits per heavy atom. The van der Waals surface area contributed by atoms with Crippen molar-refractivity contribution < 1.29 is 4.42 Å². The van der Waals surface area contributed by atoms with E-state index in [2.05, 4.69) is 69.1 Å². The van der Waals surface area contributed by atoms with E-state index in [-0.39, 0.29) is 0 Å². The average molecular weight is 671 g/mol. The third-order valence-electron chi connectivity index (χ3n) is 9.06. The molecule has 256 valence electrons. The summed E-state index contributed by atoms with van der Waals surface area (Å²) < 4.78 is 7.09. The van der Waals surface area contributed by atoms with Gasteiger partial charge in [-0.25, -0.2) is 9.48 Å². The molecule has 6 heterocycles. The predicted molar refractivity (Wildman–Crippen MR) is 191 cm³/mol. The van der Waals surface area contributed by atoms with Gasteiger partial charge in [-0.1, -0.05) is 41.6 Å². The SMILES string of the molecule is O=c1oc2ccccc2cc1-n1cc(CN2CCN(Cc3ccccn3)CCN(Cc3ccccn3)CCN(Cc3ccccn3)CC2)nn1. The van der Waals surface area contributed by atoms with E-state index in [0.717, 1.165) is 100 Å². The molecule has 1 aliphatic heterocycles. The molecule has 0 bridgehead atoms. The van der Waals surface area contributed by atoms with Crippen molar-refractivity contribution >= 4 is 11.0 Å². The van der Waals surface area contributed by atoms with Crippen LogP contribution in [-0.2, 0) is 26.2 Å². The summed E-state index contributed by atoms with van der Waals surface area (Å²) in [5.74, 6) is 0. The van der Waals surface area contributed by atoms with Gasteiger partial charge in [0, 0.05) is 103 Å². The van der Waals surface area contributed by atoms with E-state index in [1.54, 1.807) is 12.1 Å². The van der Waals surface area contributed by atoms with Crippen molar-refractivity contribution in [3.63, 3.8) is 0 Å². The highest BCUT2D eigenvalue weighted by atomic mass is 16.4. The number of para-hydroxylation sites is 1. The smallest absolute Gasteiger partial charge is 0.362 e. The van der Waals surface area contributed by atoms with E-state index in [0.29, 0.717) is 17.8 Å². The van der Waals surface area contributed by atoms with Crippen LogP contribution in [-0.4, -0.2) is 102 Å². The molecule has 1 aliphatic rings. The lowest BCUT2D eigenvalue weighted by Crippen LogP contribution is -2.45. The fourth-order valence-corrected chi connectivity index (χ4v) is 6.30. The maximum atomic E-state index is 12.9. The first-order valence-electron chi connectivity index (χ1n) is 17.2. The van der Waals surface area contributed by atoms with E-state index in [1.807, 2.05) is 73.3 Å². The second-order valence-electron chi connectivity index (χ2n) is 12.7. The zero-order valence-corrected chi connectivity index (χ0v) is 28.2. The second kappa shape index (κ2) is 16.5. The first kappa shape index (κ1) is 33.4. The Bertz CT molecular complexity index is 1930. The van der Waals surface area contributed by atoms with Crippen LogP contribution < -0.4 is 5.63 Å². The Labute approximate surface area is 291 Å². The molecule has 0 N–H and O–H groups in total. The molecular formula is C38H42N10O2.